The van der Waals surface area contributed by atoms with Gasteiger partial charge in [0.25, 0.3) is 0 Å². The fourth-order valence-corrected chi connectivity index (χ4v) is 1.65. The van der Waals surface area contributed by atoms with E-state index in [2.05, 4.69) is 5.32 Å². The average molecular weight is 177 g/mol. The number of fused-ring (bicyclic) bond motifs is 1. The van der Waals surface area contributed by atoms with Gasteiger partial charge in [0, 0.05) is 18.9 Å². The minimum Gasteiger partial charge on any atom is -0.356 e. The summed E-state index contributed by atoms with van der Waals surface area (Å²) < 4.78 is 0. The van der Waals surface area contributed by atoms with Gasteiger partial charge in [0.1, 0.15) is 0 Å². The lowest BCUT2D eigenvalue weighted by atomic mass is 9.89. The summed E-state index contributed by atoms with van der Waals surface area (Å²) >= 11 is 0. The van der Waals surface area contributed by atoms with Crippen LogP contribution in [0.4, 0.5) is 0 Å². The molecule has 1 N–H and O–H groups in total. The quantitative estimate of drug-likeness (QED) is 0.588. The van der Waals surface area contributed by atoms with E-state index in [4.69, 9.17) is 0 Å². The summed E-state index contributed by atoms with van der Waals surface area (Å²) in [5.41, 5.74) is 1.16. The molecule has 0 aromatic carbocycles. The van der Waals surface area contributed by atoms with Crippen LogP contribution in [0.3, 0.4) is 0 Å². The highest BCUT2D eigenvalue weighted by atomic mass is 16.2. The largest absolute Gasteiger partial charge is 0.356 e. The van der Waals surface area contributed by atoms with Crippen LogP contribution >= 0.6 is 0 Å². The van der Waals surface area contributed by atoms with Crippen molar-refractivity contribution in [3.05, 3.63) is 23.8 Å². The van der Waals surface area contributed by atoms with Gasteiger partial charge in [-0.3, -0.25) is 9.59 Å². The second-order valence-corrected chi connectivity index (χ2v) is 3.39. The fourth-order valence-electron chi connectivity index (χ4n) is 1.65. The molecule has 68 valence electrons. The summed E-state index contributed by atoms with van der Waals surface area (Å²) in [6, 6.07) is 0. The first-order valence-corrected chi connectivity index (χ1v) is 4.45. The van der Waals surface area contributed by atoms with Crippen molar-refractivity contribution >= 4 is 11.7 Å². The van der Waals surface area contributed by atoms with E-state index in [0.717, 1.165) is 12.0 Å². The topological polar surface area (TPSA) is 46.2 Å². The minimum absolute atomic E-state index is 0.0241. The molecule has 0 radical (unpaired) electrons. The highest BCUT2D eigenvalue weighted by Gasteiger charge is 2.22. The van der Waals surface area contributed by atoms with Crippen LogP contribution in [0, 0.1) is 5.92 Å². The molecule has 0 fully saturated rings. The molecule has 1 atom stereocenters. The zero-order valence-corrected chi connectivity index (χ0v) is 7.25. The van der Waals surface area contributed by atoms with Crippen molar-refractivity contribution in [2.45, 2.75) is 12.8 Å². The maximum Gasteiger partial charge on any atom is 0.221 e. The van der Waals surface area contributed by atoms with Crippen LogP contribution in [-0.4, -0.2) is 18.2 Å². The second-order valence-electron chi connectivity index (χ2n) is 3.39. The van der Waals surface area contributed by atoms with Crippen molar-refractivity contribution in [3.8, 4) is 0 Å². The molecule has 3 nitrogen and oxygen atoms in total. The van der Waals surface area contributed by atoms with E-state index in [0.29, 0.717) is 13.0 Å². The number of allylic oxidation sites excluding steroid dienone is 3. The normalized spacial score (nSPS) is 27.4. The maximum atomic E-state index is 11.3. The first kappa shape index (κ1) is 8.23. The van der Waals surface area contributed by atoms with E-state index in [1.165, 1.54) is 0 Å². The Morgan fingerprint density at radius 1 is 1.31 bits per heavy atom. The van der Waals surface area contributed by atoms with Crippen molar-refractivity contribution in [1.29, 1.82) is 0 Å². The lowest BCUT2D eigenvalue weighted by molar-refractivity contribution is -0.125. The van der Waals surface area contributed by atoms with Crippen LogP contribution in [0.1, 0.15) is 12.8 Å². The van der Waals surface area contributed by atoms with Gasteiger partial charge in [0.2, 0.25) is 5.91 Å². The molecule has 3 heteroatoms. The molecule has 0 saturated heterocycles. The van der Waals surface area contributed by atoms with Crippen LogP contribution in [0.15, 0.2) is 23.8 Å². The van der Waals surface area contributed by atoms with Crippen LogP contribution in [0.5, 0.6) is 0 Å². The van der Waals surface area contributed by atoms with Gasteiger partial charge >= 0.3 is 0 Å². The molecule has 0 saturated carbocycles. The van der Waals surface area contributed by atoms with Crippen molar-refractivity contribution in [1.82, 2.24) is 5.32 Å². The van der Waals surface area contributed by atoms with Gasteiger partial charge in [-0.2, -0.15) is 0 Å². The number of hydrogen-bond acceptors (Lipinski definition) is 2. The molecule has 1 aliphatic carbocycles. The van der Waals surface area contributed by atoms with Crippen molar-refractivity contribution in [2.24, 2.45) is 5.92 Å². The lowest BCUT2D eigenvalue weighted by Crippen LogP contribution is -2.31. The van der Waals surface area contributed by atoms with Gasteiger partial charge in [-0.1, -0.05) is 12.2 Å². The Hall–Kier alpha value is -1.38. The SMILES string of the molecule is O=C1CC2C=C(C=CC2=O)CCN1. The molecule has 2 bridgehead atoms. The van der Waals surface area contributed by atoms with Crippen LogP contribution in [-0.2, 0) is 9.59 Å². The molecule has 0 aromatic rings. The number of ketones is 1. The van der Waals surface area contributed by atoms with Gasteiger partial charge in [-0.05, 0) is 18.1 Å². The standard InChI is InChI=1S/C10H11NO2/c12-9-2-1-7-3-4-11-10(13)6-8(9)5-7/h1-2,5,8H,3-4,6H2,(H,11,13). The molecule has 2 aliphatic rings. The number of carbonyl (C=O) groups excluding carboxylic acids is 2. The summed E-state index contributed by atoms with van der Waals surface area (Å²) in [7, 11) is 0. The maximum absolute atomic E-state index is 11.3. The van der Waals surface area contributed by atoms with Gasteiger partial charge < -0.3 is 5.32 Å². The fraction of sp³-hybridized carbons (Fsp3) is 0.400. The van der Waals surface area contributed by atoms with Crippen LogP contribution < -0.4 is 5.32 Å². The van der Waals surface area contributed by atoms with E-state index in [9.17, 15) is 9.59 Å². The molecule has 13 heavy (non-hydrogen) atoms. The molecular weight excluding hydrogens is 166 g/mol. The van der Waals surface area contributed by atoms with E-state index in [1.807, 2.05) is 12.2 Å². The predicted molar refractivity (Wildman–Crippen MR) is 48.0 cm³/mol. The molecule has 0 spiro atoms. The van der Waals surface area contributed by atoms with Crippen molar-refractivity contribution in [2.75, 3.05) is 6.54 Å². The Balaban J connectivity index is 2.24. The van der Waals surface area contributed by atoms with Gasteiger partial charge in [0.05, 0.1) is 0 Å². The van der Waals surface area contributed by atoms with Crippen LogP contribution in [0.25, 0.3) is 0 Å². The van der Waals surface area contributed by atoms with E-state index in [1.54, 1.807) is 6.08 Å². The van der Waals surface area contributed by atoms with E-state index in [-0.39, 0.29) is 17.6 Å². The predicted octanol–water partition coefficient (Wildman–Crippen LogP) is 0.578. The molecular formula is C10H11NO2. The summed E-state index contributed by atoms with van der Waals surface area (Å²) in [4.78, 5) is 22.5. The minimum atomic E-state index is -0.222. The summed E-state index contributed by atoms with van der Waals surface area (Å²) in [6.45, 7) is 0.677. The van der Waals surface area contributed by atoms with Crippen molar-refractivity contribution < 1.29 is 9.59 Å². The number of hydrogen-bond donors (Lipinski definition) is 1. The lowest BCUT2D eigenvalue weighted by Gasteiger charge is -2.18. The molecule has 2 rings (SSSR count). The van der Waals surface area contributed by atoms with E-state index >= 15 is 0 Å². The molecule has 1 amide bonds. The molecule has 1 aliphatic heterocycles. The van der Waals surface area contributed by atoms with Gasteiger partial charge in [0.15, 0.2) is 5.78 Å². The monoisotopic (exact) mass is 177 g/mol. The highest BCUT2D eigenvalue weighted by Crippen LogP contribution is 2.20. The third kappa shape index (κ3) is 1.69. The molecule has 1 heterocycles. The number of nitrogens with one attached hydrogen (secondary N) is 1. The first-order valence-electron chi connectivity index (χ1n) is 4.45. The number of amides is 1. The Morgan fingerprint density at radius 2 is 2.15 bits per heavy atom. The molecule has 0 aromatic heterocycles. The Morgan fingerprint density at radius 3 is 3.00 bits per heavy atom. The Labute approximate surface area is 76.5 Å². The van der Waals surface area contributed by atoms with Gasteiger partial charge in [-0.15, -0.1) is 0 Å². The third-order valence-corrected chi connectivity index (χ3v) is 2.38. The smallest absolute Gasteiger partial charge is 0.221 e. The summed E-state index contributed by atoms with van der Waals surface area (Å²) in [6.07, 6.45) is 6.47. The highest BCUT2D eigenvalue weighted by molar-refractivity contribution is 5.97. The van der Waals surface area contributed by atoms with Gasteiger partial charge in [-0.25, -0.2) is 0 Å². The average Bonchev–Trinajstić information content (AvgIpc) is 2.07. The first-order chi connectivity index (χ1) is 6.25. The van der Waals surface area contributed by atoms with Crippen molar-refractivity contribution in [3.63, 3.8) is 0 Å². The zero-order chi connectivity index (χ0) is 9.26. The second kappa shape index (κ2) is 3.17. The number of carbonyl (C=O) groups is 2. The summed E-state index contributed by atoms with van der Waals surface area (Å²) in [5, 5.41) is 2.77. The molecule has 1 unspecified atom stereocenters. The number of rotatable bonds is 0. The Bertz CT molecular complexity index is 315. The van der Waals surface area contributed by atoms with Crippen LogP contribution in [0.2, 0.25) is 0 Å². The third-order valence-electron chi connectivity index (χ3n) is 2.38. The summed E-state index contributed by atoms with van der Waals surface area (Å²) in [5.74, 6) is -0.204. The Kier molecular flexibility index (Phi) is 2.00. The zero-order valence-electron chi connectivity index (χ0n) is 7.25. The van der Waals surface area contributed by atoms with E-state index < -0.39 is 0 Å².